The lowest BCUT2D eigenvalue weighted by Crippen LogP contribution is -2.09. The Balaban J connectivity index is 1.72. The molecule has 0 radical (unpaired) electrons. The van der Waals surface area contributed by atoms with Crippen LogP contribution in [0.25, 0.3) is 0 Å². The highest BCUT2D eigenvalue weighted by atomic mass is 35.5. The minimum absolute atomic E-state index is 0.0495. The Hall–Kier alpha value is -2.66. The van der Waals surface area contributed by atoms with Crippen molar-refractivity contribution in [2.75, 3.05) is 0 Å². The lowest BCUT2D eigenvalue weighted by atomic mass is 10.1. The van der Waals surface area contributed by atoms with Crippen LogP contribution in [0.15, 0.2) is 54.6 Å². The molecule has 6 heteroatoms. The first-order valence-electron chi connectivity index (χ1n) is 10.6. The van der Waals surface area contributed by atoms with Crippen molar-refractivity contribution in [1.82, 2.24) is 0 Å². The number of hydrogen-bond donors (Lipinski definition) is 0. The Morgan fingerprint density at radius 3 is 2.23 bits per heavy atom. The molecule has 0 aliphatic rings. The minimum atomic E-state index is -0.672. The van der Waals surface area contributed by atoms with E-state index in [1.807, 2.05) is 6.08 Å². The number of unbranched alkanes of at least 4 members (excludes halogenated alkanes) is 7. The van der Waals surface area contributed by atoms with E-state index in [9.17, 15) is 14.0 Å². The second-order valence-electron chi connectivity index (χ2n) is 7.22. The van der Waals surface area contributed by atoms with E-state index in [-0.39, 0.29) is 16.3 Å². The van der Waals surface area contributed by atoms with Gasteiger partial charge in [0, 0.05) is 12.1 Å². The van der Waals surface area contributed by atoms with Crippen LogP contribution in [0.5, 0.6) is 11.5 Å². The first kappa shape index (κ1) is 24.6. The summed E-state index contributed by atoms with van der Waals surface area (Å²) in [4.78, 5) is 24.0. The molecule has 0 spiro atoms. The topological polar surface area (TPSA) is 52.6 Å². The summed E-state index contributed by atoms with van der Waals surface area (Å²) in [6.45, 7) is 2.21. The molecule has 4 nitrogen and oxygen atoms in total. The van der Waals surface area contributed by atoms with E-state index < -0.39 is 17.8 Å². The zero-order valence-electron chi connectivity index (χ0n) is 17.7. The molecule has 31 heavy (non-hydrogen) atoms. The van der Waals surface area contributed by atoms with Crippen molar-refractivity contribution in [2.45, 2.75) is 58.3 Å². The van der Waals surface area contributed by atoms with Gasteiger partial charge in [-0.3, -0.25) is 0 Å². The summed E-state index contributed by atoms with van der Waals surface area (Å²) in [5.74, 6) is -1.42. The quantitative estimate of drug-likeness (QED) is 0.148. The lowest BCUT2D eigenvalue weighted by Gasteiger charge is -2.06. The molecule has 0 aliphatic carbocycles. The molecule has 166 valence electrons. The highest BCUT2D eigenvalue weighted by molar-refractivity contribution is 6.30. The smallest absolute Gasteiger partial charge is 0.343 e. The van der Waals surface area contributed by atoms with Crippen LogP contribution in [0.4, 0.5) is 4.39 Å². The lowest BCUT2D eigenvalue weighted by molar-refractivity contribution is -0.129. The molecule has 2 aromatic rings. The third kappa shape index (κ3) is 9.35. The van der Waals surface area contributed by atoms with Crippen molar-refractivity contribution in [2.24, 2.45) is 0 Å². The summed E-state index contributed by atoms with van der Waals surface area (Å²) in [7, 11) is 0. The molecule has 0 heterocycles. The van der Waals surface area contributed by atoms with E-state index in [1.54, 1.807) is 0 Å². The average molecular weight is 447 g/mol. The van der Waals surface area contributed by atoms with Crippen molar-refractivity contribution in [1.29, 1.82) is 0 Å². The highest BCUT2D eigenvalue weighted by Crippen LogP contribution is 2.22. The number of rotatable bonds is 12. The molecular formula is C25H28ClFO4. The second kappa shape index (κ2) is 13.6. The van der Waals surface area contributed by atoms with Crippen LogP contribution in [0.2, 0.25) is 5.02 Å². The predicted molar refractivity (Wildman–Crippen MR) is 120 cm³/mol. The Kier molecular flexibility index (Phi) is 10.8. The molecular weight excluding hydrogens is 419 g/mol. The number of allylic oxidation sites excluding steroid dienone is 1. The standard InChI is InChI=1S/C25H28ClFO4/c1-2-3-4-5-6-7-8-9-10-11-24(28)30-20-14-12-19(13-15-20)25(29)31-21-16-17-22(26)23(27)18-21/h10-18H,2-9H2,1H3/b11-10+. The van der Waals surface area contributed by atoms with E-state index >= 15 is 0 Å². The van der Waals surface area contributed by atoms with Gasteiger partial charge in [0.1, 0.15) is 17.3 Å². The van der Waals surface area contributed by atoms with E-state index in [0.29, 0.717) is 5.75 Å². The molecule has 0 bridgehead atoms. The number of hydrogen-bond acceptors (Lipinski definition) is 4. The van der Waals surface area contributed by atoms with Gasteiger partial charge in [0.15, 0.2) is 0 Å². The molecule has 0 N–H and O–H groups in total. The van der Waals surface area contributed by atoms with E-state index in [2.05, 4.69) is 6.92 Å². The Bertz CT molecular complexity index is 878. The van der Waals surface area contributed by atoms with Crippen LogP contribution in [0, 0.1) is 5.82 Å². The van der Waals surface area contributed by atoms with Crippen LogP contribution in [-0.2, 0) is 4.79 Å². The highest BCUT2D eigenvalue weighted by Gasteiger charge is 2.11. The van der Waals surface area contributed by atoms with Gasteiger partial charge < -0.3 is 9.47 Å². The zero-order chi connectivity index (χ0) is 22.5. The Morgan fingerprint density at radius 1 is 0.903 bits per heavy atom. The van der Waals surface area contributed by atoms with Gasteiger partial charge in [-0.15, -0.1) is 0 Å². The first-order valence-corrected chi connectivity index (χ1v) is 11.0. The maximum Gasteiger partial charge on any atom is 0.343 e. The summed E-state index contributed by atoms with van der Waals surface area (Å²) in [6, 6.07) is 9.69. The van der Waals surface area contributed by atoms with Gasteiger partial charge in [0.2, 0.25) is 0 Å². The molecule has 0 saturated carbocycles. The van der Waals surface area contributed by atoms with Gasteiger partial charge in [0.25, 0.3) is 0 Å². The molecule has 0 fully saturated rings. The molecule has 0 aromatic heterocycles. The SMILES string of the molecule is CCCCCCCCC/C=C/C(=O)Oc1ccc(C(=O)Oc2ccc(Cl)c(F)c2)cc1. The van der Waals surface area contributed by atoms with Crippen LogP contribution in [-0.4, -0.2) is 11.9 Å². The van der Waals surface area contributed by atoms with E-state index in [4.69, 9.17) is 21.1 Å². The monoisotopic (exact) mass is 446 g/mol. The second-order valence-corrected chi connectivity index (χ2v) is 7.63. The summed E-state index contributed by atoms with van der Waals surface area (Å²) in [5, 5.41) is -0.0533. The van der Waals surface area contributed by atoms with E-state index in [1.165, 1.54) is 81.0 Å². The Labute approximate surface area is 188 Å². The summed E-state index contributed by atoms with van der Waals surface area (Å²) in [6.07, 6.45) is 12.7. The largest absolute Gasteiger partial charge is 0.423 e. The fraction of sp³-hybridized carbons (Fsp3) is 0.360. The molecule has 0 saturated heterocycles. The van der Waals surface area contributed by atoms with Crippen LogP contribution in [0.1, 0.15) is 68.6 Å². The molecule has 2 aromatic carbocycles. The van der Waals surface area contributed by atoms with Crippen molar-refractivity contribution >= 4 is 23.5 Å². The van der Waals surface area contributed by atoms with Gasteiger partial charge in [-0.1, -0.05) is 63.1 Å². The number of carbonyl (C=O) groups is 2. The number of esters is 2. The van der Waals surface area contributed by atoms with Crippen molar-refractivity contribution in [3.8, 4) is 11.5 Å². The number of halogens is 2. The molecule has 0 aliphatic heterocycles. The number of ether oxygens (including phenoxy) is 2. The molecule has 0 atom stereocenters. The maximum atomic E-state index is 13.4. The Morgan fingerprint density at radius 2 is 1.55 bits per heavy atom. The van der Waals surface area contributed by atoms with Crippen LogP contribution >= 0.6 is 11.6 Å². The third-order valence-corrected chi connectivity index (χ3v) is 4.94. The maximum absolute atomic E-state index is 13.4. The van der Waals surface area contributed by atoms with Gasteiger partial charge in [-0.25, -0.2) is 14.0 Å². The van der Waals surface area contributed by atoms with Crippen molar-refractivity contribution < 1.29 is 23.5 Å². The summed E-state index contributed by atoms with van der Waals surface area (Å²) >= 11 is 5.61. The van der Waals surface area contributed by atoms with Crippen LogP contribution in [0.3, 0.4) is 0 Å². The number of benzene rings is 2. The van der Waals surface area contributed by atoms with Crippen LogP contribution < -0.4 is 9.47 Å². The zero-order valence-corrected chi connectivity index (χ0v) is 18.5. The average Bonchev–Trinajstić information content (AvgIpc) is 2.75. The molecule has 0 unspecified atom stereocenters. The normalized spacial score (nSPS) is 10.9. The fourth-order valence-corrected chi connectivity index (χ4v) is 3.03. The van der Waals surface area contributed by atoms with Crippen molar-refractivity contribution in [3.63, 3.8) is 0 Å². The van der Waals surface area contributed by atoms with Gasteiger partial charge >= 0.3 is 11.9 Å². The first-order chi connectivity index (χ1) is 15.0. The van der Waals surface area contributed by atoms with Gasteiger partial charge in [0.05, 0.1) is 10.6 Å². The van der Waals surface area contributed by atoms with Crippen molar-refractivity contribution in [3.05, 3.63) is 71.0 Å². The molecule has 2 rings (SSSR count). The van der Waals surface area contributed by atoms with Gasteiger partial charge in [-0.2, -0.15) is 0 Å². The summed E-state index contributed by atoms with van der Waals surface area (Å²) < 4.78 is 23.8. The minimum Gasteiger partial charge on any atom is -0.423 e. The summed E-state index contributed by atoms with van der Waals surface area (Å²) in [5.41, 5.74) is 0.240. The fourth-order valence-electron chi connectivity index (χ4n) is 2.91. The van der Waals surface area contributed by atoms with E-state index in [0.717, 1.165) is 18.9 Å². The number of carbonyl (C=O) groups excluding carboxylic acids is 2. The van der Waals surface area contributed by atoms with Gasteiger partial charge in [-0.05, 0) is 49.2 Å². The molecule has 0 amide bonds. The third-order valence-electron chi connectivity index (χ3n) is 4.64. The predicted octanol–water partition coefficient (Wildman–Crippen LogP) is 7.30.